The van der Waals surface area contributed by atoms with Gasteiger partial charge in [-0.25, -0.2) is 0 Å². The molecule has 0 atom stereocenters. The summed E-state index contributed by atoms with van der Waals surface area (Å²) in [5.74, 6) is 0.677. The van der Waals surface area contributed by atoms with Gasteiger partial charge in [0, 0.05) is 16.6 Å². The van der Waals surface area contributed by atoms with Crippen molar-refractivity contribution in [1.82, 2.24) is 5.32 Å². The molecule has 0 aliphatic rings. The molecule has 5 heteroatoms. The Morgan fingerprint density at radius 1 is 1.40 bits per heavy atom. The lowest BCUT2D eigenvalue weighted by Gasteiger charge is -2.06. The number of halogens is 1. The van der Waals surface area contributed by atoms with Crippen LogP contribution in [0.15, 0.2) is 35.7 Å². The second-order valence-corrected chi connectivity index (χ2v) is 6.04. The molecular formula is C15H16ClNO2S. The molecule has 2 rings (SSSR count). The number of hydrogen-bond donors (Lipinski definition) is 1. The second-order valence-electron chi connectivity index (χ2n) is 4.69. The van der Waals surface area contributed by atoms with E-state index in [-0.39, 0.29) is 11.9 Å². The summed E-state index contributed by atoms with van der Waals surface area (Å²) in [6, 6.07) is 9.24. The molecule has 0 aliphatic heterocycles. The third kappa shape index (κ3) is 4.25. The van der Waals surface area contributed by atoms with Crippen molar-refractivity contribution >= 4 is 28.8 Å². The average Bonchev–Trinajstić information content (AvgIpc) is 2.84. The van der Waals surface area contributed by atoms with E-state index >= 15 is 0 Å². The largest absolute Gasteiger partial charge is 0.489 e. The molecule has 2 aromatic rings. The number of amides is 1. The zero-order valence-electron chi connectivity index (χ0n) is 11.4. The Labute approximate surface area is 127 Å². The smallest absolute Gasteiger partial charge is 0.261 e. The highest BCUT2D eigenvalue weighted by Crippen LogP contribution is 2.20. The SMILES string of the molecule is CC(C)NC(=O)c1cc(COc2cccc(Cl)c2)cs1. The minimum Gasteiger partial charge on any atom is -0.489 e. The van der Waals surface area contributed by atoms with Crippen molar-refractivity contribution in [1.29, 1.82) is 0 Å². The van der Waals surface area contributed by atoms with Gasteiger partial charge < -0.3 is 10.1 Å². The van der Waals surface area contributed by atoms with E-state index in [0.29, 0.717) is 16.5 Å². The Hall–Kier alpha value is -1.52. The molecule has 0 fully saturated rings. The molecule has 1 amide bonds. The molecule has 0 bridgehead atoms. The highest BCUT2D eigenvalue weighted by Gasteiger charge is 2.10. The highest BCUT2D eigenvalue weighted by molar-refractivity contribution is 7.12. The lowest BCUT2D eigenvalue weighted by Crippen LogP contribution is -2.29. The van der Waals surface area contributed by atoms with E-state index in [2.05, 4.69) is 5.32 Å². The van der Waals surface area contributed by atoms with Crippen LogP contribution in [0, 0.1) is 0 Å². The van der Waals surface area contributed by atoms with Crippen LogP contribution in [0.2, 0.25) is 5.02 Å². The van der Waals surface area contributed by atoms with Crippen molar-refractivity contribution in [3.63, 3.8) is 0 Å². The van der Waals surface area contributed by atoms with Gasteiger partial charge in [0.1, 0.15) is 12.4 Å². The molecule has 3 nitrogen and oxygen atoms in total. The Kier molecular flexibility index (Phi) is 5.04. The first kappa shape index (κ1) is 14.9. The summed E-state index contributed by atoms with van der Waals surface area (Å²) in [6.07, 6.45) is 0. The van der Waals surface area contributed by atoms with Crippen molar-refractivity contribution in [2.24, 2.45) is 0 Å². The summed E-state index contributed by atoms with van der Waals surface area (Å²) in [6.45, 7) is 4.30. The lowest BCUT2D eigenvalue weighted by atomic mass is 10.3. The van der Waals surface area contributed by atoms with Crippen molar-refractivity contribution in [3.8, 4) is 5.75 Å². The maximum absolute atomic E-state index is 11.8. The van der Waals surface area contributed by atoms with Gasteiger partial charge in [-0.05, 0) is 43.5 Å². The van der Waals surface area contributed by atoms with Gasteiger partial charge in [0.05, 0.1) is 4.88 Å². The first-order chi connectivity index (χ1) is 9.54. The fourth-order valence-electron chi connectivity index (χ4n) is 1.63. The normalized spacial score (nSPS) is 10.6. The predicted molar refractivity (Wildman–Crippen MR) is 82.7 cm³/mol. The number of benzene rings is 1. The van der Waals surface area contributed by atoms with Gasteiger partial charge in [-0.15, -0.1) is 11.3 Å². The van der Waals surface area contributed by atoms with Crippen LogP contribution in [0.3, 0.4) is 0 Å². The first-order valence-corrected chi connectivity index (χ1v) is 7.57. The van der Waals surface area contributed by atoms with Crippen LogP contribution in [0.4, 0.5) is 0 Å². The molecule has 0 unspecified atom stereocenters. The molecule has 20 heavy (non-hydrogen) atoms. The van der Waals surface area contributed by atoms with Gasteiger partial charge in [-0.1, -0.05) is 17.7 Å². The second kappa shape index (κ2) is 6.77. The Balaban J connectivity index is 1.94. The third-order valence-electron chi connectivity index (χ3n) is 2.50. The van der Waals surface area contributed by atoms with E-state index in [0.717, 1.165) is 11.3 Å². The number of thiophene rings is 1. The Morgan fingerprint density at radius 2 is 2.20 bits per heavy atom. The van der Waals surface area contributed by atoms with E-state index in [4.69, 9.17) is 16.3 Å². The van der Waals surface area contributed by atoms with Gasteiger partial charge >= 0.3 is 0 Å². The summed E-state index contributed by atoms with van der Waals surface area (Å²) in [7, 11) is 0. The van der Waals surface area contributed by atoms with E-state index in [1.807, 2.05) is 37.4 Å². The van der Waals surface area contributed by atoms with E-state index in [1.165, 1.54) is 11.3 Å². The quantitative estimate of drug-likeness (QED) is 0.902. The van der Waals surface area contributed by atoms with Crippen LogP contribution < -0.4 is 10.1 Å². The van der Waals surface area contributed by atoms with Gasteiger partial charge in [0.15, 0.2) is 0 Å². The molecule has 0 aliphatic carbocycles. The summed E-state index contributed by atoms with van der Waals surface area (Å²) < 4.78 is 5.64. The molecule has 0 saturated carbocycles. The van der Waals surface area contributed by atoms with Gasteiger partial charge in [-0.3, -0.25) is 4.79 Å². The number of carbonyl (C=O) groups is 1. The average molecular weight is 310 g/mol. The molecule has 1 heterocycles. The van der Waals surface area contributed by atoms with Gasteiger partial charge in [-0.2, -0.15) is 0 Å². The van der Waals surface area contributed by atoms with Crippen LogP contribution in [-0.4, -0.2) is 11.9 Å². The fourth-order valence-corrected chi connectivity index (χ4v) is 2.61. The molecule has 1 N–H and O–H groups in total. The molecule has 1 aromatic carbocycles. The topological polar surface area (TPSA) is 38.3 Å². The van der Waals surface area contributed by atoms with Crippen molar-refractivity contribution < 1.29 is 9.53 Å². The molecular weight excluding hydrogens is 294 g/mol. The molecule has 0 radical (unpaired) electrons. The maximum Gasteiger partial charge on any atom is 0.261 e. The van der Waals surface area contributed by atoms with E-state index in [1.54, 1.807) is 12.1 Å². The monoisotopic (exact) mass is 309 g/mol. The van der Waals surface area contributed by atoms with Crippen molar-refractivity contribution in [2.45, 2.75) is 26.5 Å². The number of ether oxygens (including phenoxy) is 1. The number of carbonyl (C=O) groups excluding carboxylic acids is 1. The van der Waals surface area contributed by atoms with Crippen LogP contribution in [0.5, 0.6) is 5.75 Å². The standard InChI is InChI=1S/C15H16ClNO2S/c1-10(2)17-15(18)14-6-11(9-20-14)8-19-13-5-3-4-12(16)7-13/h3-7,9-10H,8H2,1-2H3,(H,17,18). The van der Waals surface area contributed by atoms with Crippen molar-refractivity contribution in [2.75, 3.05) is 0 Å². The summed E-state index contributed by atoms with van der Waals surface area (Å²) in [5.41, 5.74) is 0.976. The number of hydrogen-bond acceptors (Lipinski definition) is 3. The predicted octanol–water partition coefficient (Wildman–Crippen LogP) is 4.12. The van der Waals surface area contributed by atoms with E-state index in [9.17, 15) is 4.79 Å². The molecule has 0 spiro atoms. The third-order valence-corrected chi connectivity index (χ3v) is 3.71. The molecule has 0 saturated heterocycles. The Bertz CT molecular complexity index is 595. The Morgan fingerprint density at radius 3 is 2.90 bits per heavy atom. The van der Waals surface area contributed by atoms with Crippen LogP contribution >= 0.6 is 22.9 Å². The summed E-state index contributed by atoms with van der Waals surface area (Å²) >= 11 is 7.31. The zero-order chi connectivity index (χ0) is 14.5. The van der Waals surface area contributed by atoms with Crippen LogP contribution in [0.1, 0.15) is 29.1 Å². The highest BCUT2D eigenvalue weighted by atomic mass is 35.5. The van der Waals surface area contributed by atoms with Crippen molar-refractivity contribution in [3.05, 3.63) is 51.2 Å². The summed E-state index contributed by atoms with van der Waals surface area (Å²) in [4.78, 5) is 12.5. The van der Waals surface area contributed by atoms with E-state index < -0.39 is 0 Å². The number of rotatable bonds is 5. The molecule has 106 valence electrons. The minimum absolute atomic E-state index is 0.0426. The minimum atomic E-state index is -0.0426. The lowest BCUT2D eigenvalue weighted by molar-refractivity contribution is 0.0947. The summed E-state index contributed by atoms with van der Waals surface area (Å²) in [5, 5.41) is 5.44. The maximum atomic E-state index is 11.8. The first-order valence-electron chi connectivity index (χ1n) is 6.31. The number of nitrogens with one attached hydrogen (secondary N) is 1. The van der Waals surface area contributed by atoms with Crippen LogP contribution in [0.25, 0.3) is 0 Å². The fraction of sp³-hybridized carbons (Fsp3) is 0.267. The zero-order valence-corrected chi connectivity index (χ0v) is 12.9. The van der Waals surface area contributed by atoms with Crippen LogP contribution in [-0.2, 0) is 6.61 Å². The van der Waals surface area contributed by atoms with Gasteiger partial charge in [0.25, 0.3) is 5.91 Å². The van der Waals surface area contributed by atoms with Gasteiger partial charge in [0.2, 0.25) is 0 Å². The molecule has 1 aromatic heterocycles.